The van der Waals surface area contributed by atoms with Gasteiger partial charge in [-0.05, 0) is 102 Å². The van der Waals surface area contributed by atoms with Crippen LogP contribution in [0.25, 0.3) is 21.3 Å². The van der Waals surface area contributed by atoms with Gasteiger partial charge in [-0.15, -0.1) is 11.3 Å². The number of thiophene rings is 1. The number of benzene rings is 1. The van der Waals surface area contributed by atoms with Crippen LogP contribution in [0.2, 0.25) is 0 Å². The molecule has 0 aliphatic carbocycles. The molecule has 7 heteroatoms. The van der Waals surface area contributed by atoms with Gasteiger partial charge in [-0.3, -0.25) is 14.5 Å². The van der Waals surface area contributed by atoms with E-state index in [-0.39, 0.29) is 24.1 Å². The minimum Gasteiger partial charge on any atom is -0.348 e. The van der Waals surface area contributed by atoms with Gasteiger partial charge in [0.15, 0.2) is 0 Å². The molecule has 1 aliphatic heterocycles. The highest BCUT2D eigenvalue weighted by Crippen LogP contribution is 2.38. The lowest BCUT2D eigenvalue weighted by atomic mass is 9.98. The topological polar surface area (TPSA) is 70.1 Å². The van der Waals surface area contributed by atoms with Gasteiger partial charge in [0.25, 0.3) is 11.5 Å². The lowest BCUT2D eigenvalue weighted by Crippen LogP contribution is -2.29. The van der Waals surface area contributed by atoms with Crippen molar-refractivity contribution in [2.75, 3.05) is 13.1 Å². The molecule has 0 atom stereocenters. The average molecular weight is 559 g/mol. The molecule has 0 radical (unpaired) electrons. The van der Waals surface area contributed by atoms with Crippen molar-refractivity contribution in [3.05, 3.63) is 79.7 Å². The monoisotopic (exact) mass is 558 g/mol. The Bertz CT molecular complexity index is 1570. The molecule has 0 bridgehead atoms. The Labute approximate surface area is 241 Å². The van der Waals surface area contributed by atoms with Crippen molar-refractivity contribution in [1.82, 2.24) is 19.8 Å². The Morgan fingerprint density at radius 1 is 1.10 bits per heavy atom. The lowest BCUT2D eigenvalue weighted by Gasteiger charge is -2.25. The number of amides is 1. The fourth-order valence-electron chi connectivity index (χ4n) is 6.07. The van der Waals surface area contributed by atoms with E-state index in [1.807, 2.05) is 31.3 Å². The predicted molar refractivity (Wildman–Crippen MR) is 166 cm³/mol. The molecule has 212 valence electrons. The van der Waals surface area contributed by atoms with Crippen molar-refractivity contribution in [3.8, 4) is 10.4 Å². The molecular weight excluding hydrogens is 516 g/mol. The van der Waals surface area contributed by atoms with Crippen LogP contribution in [0.15, 0.2) is 41.3 Å². The molecule has 1 fully saturated rings. The molecule has 1 amide bonds. The molecule has 6 nitrogen and oxygen atoms in total. The summed E-state index contributed by atoms with van der Waals surface area (Å²) in [6, 6.07) is 11.0. The number of aromatic nitrogens is 2. The van der Waals surface area contributed by atoms with Crippen LogP contribution < -0.4 is 10.9 Å². The van der Waals surface area contributed by atoms with Crippen LogP contribution in [0.3, 0.4) is 0 Å². The number of nitrogens with zero attached hydrogens (tertiary/aromatic N) is 2. The number of aromatic amines is 1. The number of fused-ring (bicyclic) bond motifs is 1. The minimum absolute atomic E-state index is 0.120. The van der Waals surface area contributed by atoms with Crippen molar-refractivity contribution in [2.45, 2.75) is 85.9 Å². The molecule has 2 N–H and O–H groups in total. The number of H-pyrrole nitrogens is 1. The van der Waals surface area contributed by atoms with Crippen molar-refractivity contribution < 1.29 is 4.79 Å². The molecular formula is C33H42N4O2S. The first kappa shape index (κ1) is 28.4. The van der Waals surface area contributed by atoms with Crippen LogP contribution in [0.1, 0.15) is 90.1 Å². The quantitative estimate of drug-likeness (QED) is 0.230. The van der Waals surface area contributed by atoms with Gasteiger partial charge in [-0.25, -0.2) is 0 Å². The average Bonchev–Trinajstić information content (AvgIpc) is 3.57. The largest absolute Gasteiger partial charge is 0.348 e. The van der Waals surface area contributed by atoms with Gasteiger partial charge in [0.2, 0.25) is 0 Å². The van der Waals surface area contributed by atoms with Gasteiger partial charge >= 0.3 is 0 Å². The van der Waals surface area contributed by atoms with E-state index >= 15 is 0 Å². The van der Waals surface area contributed by atoms with Crippen molar-refractivity contribution >= 4 is 28.1 Å². The van der Waals surface area contributed by atoms with E-state index in [9.17, 15) is 9.59 Å². The summed E-state index contributed by atoms with van der Waals surface area (Å²) in [6.07, 6.45) is 7.79. The number of hydrogen-bond donors (Lipinski definition) is 2. The number of pyridine rings is 1. The summed E-state index contributed by atoms with van der Waals surface area (Å²) in [6.45, 7) is 13.9. The second-order valence-corrected chi connectivity index (χ2v) is 12.7. The summed E-state index contributed by atoms with van der Waals surface area (Å²) >= 11 is 1.83. The number of rotatable bonds is 9. The molecule has 0 saturated carbocycles. The Morgan fingerprint density at radius 3 is 2.60 bits per heavy atom. The highest BCUT2D eigenvalue weighted by atomic mass is 32.1. The zero-order valence-electron chi connectivity index (χ0n) is 24.5. The van der Waals surface area contributed by atoms with Gasteiger partial charge in [-0.1, -0.05) is 19.8 Å². The Morgan fingerprint density at radius 2 is 1.88 bits per heavy atom. The van der Waals surface area contributed by atoms with E-state index in [0.717, 1.165) is 47.3 Å². The number of carbonyl (C=O) groups is 1. The first-order valence-electron chi connectivity index (χ1n) is 14.7. The minimum atomic E-state index is -0.148. The van der Waals surface area contributed by atoms with Gasteiger partial charge < -0.3 is 14.9 Å². The third kappa shape index (κ3) is 5.81. The van der Waals surface area contributed by atoms with Gasteiger partial charge in [-0.2, -0.15) is 0 Å². The van der Waals surface area contributed by atoms with Gasteiger partial charge in [0.1, 0.15) is 0 Å². The number of carbonyl (C=O) groups excluding carboxylic acids is 1. The van der Waals surface area contributed by atoms with E-state index in [1.165, 1.54) is 47.5 Å². The molecule has 1 saturated heterocycles. The van der Waals surface area contributed by atoms with Crippen LogP contribution in [0.5, 0.6) is 0 Å². The summed E-state index contributed by atoms with van der Waals surface area (Å²) in [4.78, 5) is 34.5. The first-order chi connectivity index (χ1) is 19.3. The molecule has 3 aromatic heterocycles. The third-order valence-corrected chi connectivity index (χ3v) is 9.22. The highest BCUT2D eigenvalue weighted by molar-refractivity contribution is 7.15. The summed E-state index contributed by atoms with van der Waals surface area (Å²) in [5.74, 6) is -0.148. The summed E-state index contributed by atoms with van der Waals surface area (Å²) < 4.78 is 2.26. The maximum Gasteiger partial charge on any atom is 0.253 e. The standard InChI is InChI=1S/C33H42N4O2S/c1-6-10-24-17-22(4)35-33(39)29(24)19-34-32(38)27-18-28(26-13-16-37(21(2)3)31(26)23(27)5)30-12-11-25(40-30)20-36-14-8-7-9-15-36/h11-13,16-18,21H,6-10,14-15,19-20H2,1-5H3,(H,34,38)(H,35,39). The highest BCUT2D eigenvalue weighted by Gasteiger charge is 2.21. The van der Waals surface area contributed by atoms with E-state index < -0.39 is 0 Å². The van der Waals surface area contributed by atoms with Crippen LogP contribution in [0, 0.1) is 13.8 Å². The number of nitrogens with one attached hydrogen (secondary N) is 2. The summed E-state index contributed by atoms with van der Waals surface area (Å²) in [5, 5.41) is 4.26. The molecule has 4 aromatic rings. The summed E-state index contributed by atoms with van der Waals surface area (Å²) in [5.41, 5.74) is 6.20. The van der Waals surface area contributed by atoms with Crippen LogP contribution >= 0.6 is 11.3 Å². The molecule has 5 rings (SSSR count). The van der Waals surface area contributed by atoms with Crippen molar-refractivity contribution in [3.63, 3.8) is 0 Å². The van der Waals surface area contributed by atoms with Gasteiger partial charge in [0, 0.05) is 62.9 Å². The van der Waals surface area contributed by atoms with Crippen LogP contribution in [-0.4, -0.2) is 33.4 Å². The maximum atomic E-state index is 13.7. The SMILES string of the molecule is CCCc1cc(C)[nH]c(=O)c1CNC(=O)c1cc(-c2ccc(CN3CCCCC3)s2)c2ccn(C(C)C)c2c1C. The molecule has 4 heterocycles. The smallest absolute Gasteiger partial charge is 0.253 e. The van der Waals surface area contributed by atoms with Crippen molar-refractivity contribution in [1.29, 1.82) is 0 Å². The van der Waals surface area contributed by atoms with E-state index in [1.54, 1.807) is 0 Å². The number of likely N-dealkylation sites (tertiary alicyclic amines) is 1. The van der Waals surface area contributed by atoms with E-state index in [4.69, 9.17) is 0 Å². The predicted octanol–water partition coefficient (Wildman–Crippen LogP) is 7.12. The Kier molecular flexibility index (Phi) is 8.62. The number of piperidine rings is 1. The summed E-state index contributed by atoms with van der Waals surface area (Å²) in [7, 11) is 0. The van der Waals surface area contributed by atoms with Crippen LogP contribution in [-0.2, 0) is 19.5 Å². The first-order valence-corrected chi connectivity index (χ1v) is 15.5. The van der Waals surface area contributed by atoms with Crippen molar-refractivity contribution in [2.24, 2.45) is 0 Å². The second kappa shape index (κ2) is 12.1. The Balaban J connectivity index is 1.50. The van der Waals surface area contributed by atoms with Gasteiger partial charge in [0.05, 0.1) is 5.52 Å². The fraction of sp³-hybridized carbons (Fsp3) is 0.455. The van der Waals surface area contributed by atoms with Crippen LogP contribution in [0.4, 0.5) is 0 Å². The zero-order valence-corrected chi connectivity index (χ0v) is 25.3. The third-order valence-electron chi connectivity index (χ3n) is 8.12. The number of aryl methyl sites for hydroxylation is 3. The normalized spacial score (nSPS) is 14.3. The number of hydrogen-bond acceptors (Lipinski definition) is 4. The second-order valence-electron chi connectivity index (χ2n) is 11.5. The Hall–Kier alpha value is -3.16. The van der Waals surface area contributed by atoms with E-state index in [0.29, 0.717) is 11.1 Å². The lowest BCUT2D eigenvalue weighted by molar-refractivity contribution is 0.0950. The molecule has 40 heavy (non-hydrogen) atoms. The maximum absolute atomic E-state index is 13.7. The molecule has 1 aromatic carbocycles. The zero-order chi connectivity index (χ0) is 28.4. The molecule has 0 spiro atoms. The fourth-order valence-corrected chi connectivity index (χ4v) is 7.15. The molecule has 1 aliphatic rings. The van der Waals surface area contributed by atoms with E-state index in [2.05, 4.69) is 71.0 Å². The molecule has 0 unspecified atom stereocenters.